The molecule has 2 aromatic rings. The number of aliphatic hydroxyl groups is 1. The van der Waals surface area contributed by atoms with Crippen LogP contribution in [0.3, 0.4) is 0 Å². The van der Waals surface area contributed by atoms with Gasteiger partial charge in [0.1, 0.15) is 12.4 Å². The second-order valence-corrected chi connectivity index (χ2v) is 15.3. The zero-order valence-corrected chi connectivity index (χ0v) is 26.6. The Morgan fingerprint density at radius 3 is 2.57 bits per heavy atom. The van der Waals surface area contributed by atoms with E-state index in [2.05, 4.69) is 9.62 Å². The van der Waals surface area contributed by atoms with E-state index in [9.17, 15) is 18.3 Å². The lowest BCUT2D eigenvalue weighted by Gasteiger charge is -2.46. The van der Waals surface area contributed by atoms with Gasteiger partial charge in [-0.3, -0.25) is 4.79 Å². The van der Waals surface area contributed by atoms with Crippen molar-refractivity contribution in [3.63, 3.8) is 0 Å². The Morgan fingerprint density at radius 1 is 1.02 bits per heavy atom. The fourth-order valence-electron chi connectivity index (χ4n) is 7.06. The number of aliphatic hydroxyl groups excluding tert-OH is 1. The average molecular weight is 617 g/mol. The number of carbonyl (C=O) groups is 1. The summed E-state index contributed by atoms with van der Waals surface area (Å²) in [5.74, 6) is 0.956. The molecular weight excluding hydrogens is 572 g/mol. The van der Waals surface area contributed by atoms with Gasteiger partial charge in [0, 0.05) is 23.7 Å². The zero-order chi connectivity index (χ0) is 30.0. The lowest BCUT2D eigenvalue weighted by Crippen LogP contribution is -2.44. The number of hydrogen-bond acceptors (Lipinski definition) is 6. The van der Waals surface area contributed by atoms with Crippen molar-refractivity contribution in [2.75, 3.05) is 18.0 Å². The molecule has 3 unspecified atom stereocenters. The summed E-state index contributed by atoms with van der Waals surface area (Å²) in [5.41, 5.74) is 3.38. The van der Waals surface area contributed by atoms with E-state index in [0.717, 1.165) is 75.7 Å². The highest BCUT2D eigenvalue weighted by Crippen LogP contribution is 2.45. The Kier molecular flexibility index (Phi) is 9.75. The first kappa shape index (κ1) is 31.1. The number of nitrogens with one attached hydrogen (secondary N) is 1. The Hall–Kier alpha value is -2.29. The maximum absolute atomic E-state index is 13.3. The number of hydrogen-bond donors (Lipinski definition) is 2. The number of nitrogens with zero attached hydrogens (tertiary/aromatic N) is 1. The van der Waals surface area contributed by atoms with Crippen LogP contribution in [0, 0.1) is 23.7 Å². The predicted molar refractivity (Wildman–Crippen MR) is 168 cm³/mol. The second-order valence-electron chi connectivity index (χ2n) is 12.8. The maximum atomic E-state index is 13.3. The molecule has 42 heavy (non-hydrogen) atoms. The van der Waals surface area contributed by atoms with Crippen molar-refractivity contribution < 1.29 is 23.1 Å². The molecule has 5 rings (SSSR count). The van der Waals surface area contributed by atoms with Crippen molar-refractivity contribution in [2.45, 2.75) is 90.1 Å². The van der Waals surface area contributed by atoms with Gasteiger partial charge >= 0.3 is 0 Å². The monoisotopic (exact) mass is 616 g/mol. The Morgan fingerprint density at radius 2 is 1.83 bits per heavy atom. The van der Waals surface area contributed by atoms with Crippen LogP contribution in [0.4, 0.5) is 5.69 Å². The SMILES string of the molecule is CC1CCC[C@@H]([C@@H](C)O)C2CCC2CN2CCCCc3cc(Cl)ccc3COc3ccc(cc32)C(=O)NS(=O)(=O)[C@@H]1C. The van der Waals surface area contributed by atoms with Crippen LogP contribution < -0.4 is 14.4 Å². The van der Waals surface area contributed by atoms with E-state index in [1.54, 1.807) is 25.1 Å². The molecule has 230 valence electrons. The topological polar surface area (TPSA) is 95.9 Å². The number of carbonyl (C=O) groups excluding carboxylic acids is 1. The molecule has 2 aromatic carbocycles. The third kappa shape index (κ3) is 6.92. The van der Waals surface area contributed by atoms with Crippen molar-refractivity contribution in [1.82, 2.24) is 4.72 Å². The van der Waals surface area contributed by atoms with Crippen LogP contribution in [0.1, 0.15) is 87.2 Å². The van der Waals surface area contributed by atoms with Gasteiger partial charge in [-0.15, -0.1) is 0 Å². The minimum Gasteiger partial charge on any atom is -0.487 e. The van der Waals surface area contributed by atoms with Crippen molar-refractivity contribution >= 4 is 33.2 Å². The minimum atomic E-state index is -3.88. The molecule has 9 heteroatoms. The minimum absolute atomic E-state index is 0.121. The van der Waals surface area contributed by atoms with Crippen LogP contribution in [0.2, 0.25) is 5.02 Å². The normalized spacial score (nSPS) is 29.4. The molecule has 1 fully saturated rings. The van der Waals surface area contributed by atoms with Gasteiger partial charge in [0.15, 0.2) is 0 Å². The Bertz CT molecular complexity index is 1380. The van der Waals surface area contributed by atoms with Gasteiger partial charge in [-0.1, -0.05) is 31.0 Å². The highest BCUT2D eigenvalue weighted by atomic mass is 35.5. The van der Waals surface area contributed by atoms with Crippen molar-refractivity contribution in [1.29, 1.82) is 0 Å². The number of halogens is 1. The van der Waals surface area contributed by atoms with Crippen LogP contribution in [0.5, 0.6) is 5.75 Å². The summed E-state index contributed by atoms with van der Waals surface area (Å²) >= 11 is 6.32. The van der Waals surface area contributed by atoms with Crippen molar-refractivity contribution in [3.05, 3.63) is 58.1 Å². The molecule has 2 N–H and O–H groups in total. The van der Waals surface area contributed by atoms with Gasteiger partial charge in [-0.2, -0.15) is 0 Å². The van der Waals surface area contributed by atoms with Crippen LogP contribution in [-0.4, -0.2) is 43.9 Å². The van der Waals surface area contributed by atoms with Crippen LogP contribution >= 0.6 is 11.6 Å². The van der Waals surface area contributed by atoms with Crippen LogP contribution in [0.25, 0.3) is 0 Å². The van der Waals surface area contributed by atoms with Gasteiger partial charge in [-0.25, -0.2) is 13.1 Å². The number of fused-ring (bicyclic) bond motifs is 3. The van der Waals surface area contributed by atoms with Gasteiger partial charge < -0.3 is 14.7 Å². The number of ether oxygens (including phenoxy) is 1. The molecule has 7 nitrogen and oxygen atoms in total. The van der Waals surface area contributed by atoms with E-state index in [-0.39, 0.29) is 11.8 Å². The molecule has 1 saturated carbocycles. The number of sulfonamides is 1. The summed E-state index contributed by atoms with van der Waals surface area (Å²) in [4.78, 5) is 15.7. The van der Waals surface area contributed by atoms with E-state index < -0.39 is 27.3 Å². The fourth-order valence-corrected chi connectivity index (χ4v) is 8.56. The van der Waals surface area contributed by atoms with E-state index in [1.807, 2.05) is 32.0 Å². The van der Waals surface area contributed by atoms with Gasteiger partial charge in [-0.05, 0) is 124 Å². The number of aryl methyl sites for hydroxylation is 1. The molecule has 6 atom stereocenters. The molecule has 0 aromatic heterocycles. The molecule has 0 spiro atoms. The molecule has 0 saturated heterocycles. The van der Waals surface area contributed by atoms with Gasteiger partial charge in [0.05, 0.1) is 17.0 Å². The summed E-state index contributed by atoms with van der Waals surface area (Å²) in [5, 5.41) is 10.8. The smallest absolute Gasteiger partial charge is 0.264 e. The summed E-state index contributed by atoms with van der Waals surface area (Å²) in [6.45, 7) is 7.47. The lowest BCUT2D eigenvalue weighted by atomic mass is 9.64. The fraction of sp³-hybridized carbons (Fsp3) is 0.606. The van der Waals surface area contributed by atoms with E-state index in [4.69, 9.17) is 16.3 Å². The molecule has 3 aliphatic rings. The van der Waals surface area contributed by atoms with Crippen LogP contribution in [0.15, 0.2) is 36.4 Å². The van der Waals surface area contributed by atoms with Crippen LogP contribution in [-0.2, 0) is 23.1 Å². The summed E-state index contributed by atoms with van der Waals surface area (Å²) in [6, 6.07) is 11.2. The summed E-state index contributed by atoms with van der Waals surface area (Å²) in [7, 11) is -3.88. The molecule has 1 amide bonds. The molecule has 2 heterocycles. The first-order valence-electron chi connectivity index (χ1n) is 15.6. The third-order valence-electron chi connectivity index (χ3n) is 10.1. The predicted octanol–water partition coefficient (Wildman–Crippen LogP) is 6.35. The average Bonchev–Trinajstić information content (AvgIpc) is 2.96. The number of benzene rings is 2. The first-order valence-corrected chi connectivity index (χ1v) is 17.5. The quantitative estimate of drug-likeness (QED) is 0.387. The number of rotatable bonds is 1. The molecule has 0 radical (unpaired) electrons. The molecule has 1 aliphatic carbocycles. The number of amides is 1. The van der Waals surface area contributed by atoms with Gasteiger partial charge in [0.2, 0.25) is 10.0 Å². The molecule has 2 bridgehead atoms. The molecule has 2 aliphatic heterocycles. The number of anilines is 1. The first-order chi connectivity index (χ1) is 20.0. The lowest BCUT2D eigenvalue weighted by molar-refractivity contribution is 0.0115. The summed E-state index contributed by atoms with van der Waals surface area (Å²) in [6.07, 6.45) is 7.07. The van der Waals surface area contributed by atoms with Crippen molar-refractivity contribution in [2.24, 2.45) is 23.7 Å². The van der Waals surface area contributed by atoms with E-state index in [0.29, 0.717) is 34.8 Å². The highest BCUT2D eigenvalue weighted by molar-refractivity contribution is 7.90. The molecular formula is C33H45ClN2O5S. The van der Waals surface area contributed by atoms with Crippen molar-refractivity contribution in [3.8, 4) is 5.75 Å². The van der Waals surface area contributed by atoms with Gasteiger partial charge in [0.25, 0.3) is 5.91 Å². The standard InChI is InChI=1S/C33H45ClN2O5S/c1-21-7-6-9-29(22(2)37)30-14-11-26(30)19-36-16-5-4-8-24-17-28(34)13-10-27(24)20-41-32-15-12-25(18-31(32)36)33(38)35-42(39,40)23(21)3/h10,12-13,15,17-18,21-23,26,29-30,37H,4-9,11,14,16,19-20H2,1-3H3,(H,35,38)/t21?,22-,23-,26?,29+,30?/m1/s1. The highest BCUT2D eigenvalue weighted by Gasteiger charge is 2.40. The zero-order valence-electron chi connectivity index (χ0n) is 25.0. The summed E-state index contributed by atoms with van der Waals surface area (Å²) < 4.78 is 35.2. The Labute approximate surface area is 256 Å². The van der Waals surface area contributed by atoms with E-state index in [1.165, 1.54) is 5.56 Å². The van der Waals surface area contributed by atoms with E-state index >= 15 is 0 Å². The second kappa shape index (κ2) is 13.1. The largest absolute Gasteiger partial charge is 0.487 e. The Balaban J connectivity index is 1.54. The third-order valence-corrected chi connectivity index (χ3v) is 12.2. The maximum Gasteiger partial charge on any atom is 0.264 e.